The van der Waals surface area contributed by atoms with Crippen molar-refractivity contribution in [2.24, 2.45) is 5.73 Å². The van der Waals surface area contributed by atoms with Crippen LogP contribution in [0.5, 0.6) is 0 Å². The van der Waals surface area contributed by atoms with E-state index in [-0.39, 0.29) is 32.6 Å². The molecular weight excluding hydrogens is 689 g/mol. The highest BCUT2D eigenvalue weighted by Gasteiger charge is 2.25. The fourth-order valence-corrected chi connectivity index (χ4v) is 5.91. The van der Waals surface area contributed by atoms with Crippen molar-refractivity contribution in [2.45, 2.75) is 161 Å². The smallest absolute Gasteiger partial charge is 0.462 e. The first-order chi connectivity index (χ1) is 25.8. The molecule has 0 saturated carbocycles. The lowest BCUT2D eigenvalue weighted by molar-refractivity contribution is -0.161. The molecule has 10 heteroatoms. The van der Waals surface area contributed by atoms with E-state index in [1.165, 1.54) is 44.9 Å². The molecule has 0 fully saturated rings. The first-order valence-electron chi connectivity index (χ1n) is 20.5. The average molecular weight is 764 g/mol. The monoisotopic (exact) mass is 764 g/mol. The zero-order chi connectivity index (χ0) is 38.9. The third kappa shape index (κ3) is 39.0. The van der Waals surface area contributed by atoms with Gasteiger partial charge in [-0.25, -0.2) is 4.57 Å². The summed E-state index contributed by atoms with van der Waals surface area (Å²) in [5, 5.41) is 0. The van der Waals surface area contributed by atoms with E-state index in [1.807, 2.05) is 30.4 Å². The number of phosphoric ester groups is 1. The molecule has 0 radical (unpaired) electrons. The Hall–Kier alpha value is -2.55. The third-order valence-corrected chi connectivity index (χ3v) is 9.16. The molecule has 0 saturated heterocycles. The van der Waals surface area contributed by atoms with Crippen LogP contribution in [0.1, 0.15) is 155 Å². The van der Waals surface area contributed by atoms with Crippen LogP contribution >= 0.6 is 7.82 Å². The van der Waals surface area contributed by atoms with Crippen molar-refractivity contribution in [2.75, 3.05) is 26.4 Å². The Kier molecular flexibility index (Phi) is 37.3. The van der Waals surface area contributed by atoms with Gasteiger partial charge in [0.1, 0.15) is 6.61 Å². The number of carbonyl (C=O) groups is 2. The number of allylic oxidation sites excluding steroid dienone is 12. The first-order valence-corrected chi connectivity index (χ1v) is 22.0. The van der Waals surface area contributed by atoms with Gasteiger partial charge in [-0.15, -0.1) is 0 Å². The van der Waals surface area contributed by atoms with E-state index in [0.29, 0.717) is 6.42 Å². The van der Waals surface area contributed by atoms with E-state index in [9.17, 15) is 19.0 Å². The molecule has 0 aromatic rings. The molecular formula is C43H74NO8P. The minimum atomic E-state index is -4.39. The molecule has 0 aliphatic rings. The van der Waals surface area contributed by atoms with Crippen LogP contribution in [-0.4, -0.2) is 49.3 Å². The molecule has 0 aromatic heterocycles. The Balaban J connectivity index is 4.25. The molecule has 0 amide bonds. The summed E-state index contributed by atoms with van der Waals surface area (Å²) in [5.74, 6) is -0.872. The number of unbranched alkanes of at least 4 members (excludes halogenated alkanes) is 15. The molecule has 304 valence electrons. The zero-order valence-electron chi connectivity index (χ0n) is 33.2. The number of ether oxygens (including phenoxy) is 2. The van der Waals surface area contributed by atoms with Gasteiger partial charge in [0.2, 0.25) is 0 Å². The molecule has 0 bridgehead atoms. The van der Waals surface area contributed by atoms with E-state index >= 15 is 0 Å². The molecule has 0 rings (SSSR count). The maximum absolute atomic E-state index is 12.5. The Morgan fingerprint density at radius 2 is 1.11 bits per heavy atom. The second kappa shape index (κ2) is 39.2. The maximum Gasteiger partial charge on any atom is 0.472 e. The predicted molar refractivity (Wildman–Crippen MR) is 219 cm³/mol. The fourth-order valence-electron chi connectivity index (χ4n) is 5.14. The number of carbonyl (C=O) groups excluding carboxylic acids is 2. The largest absolute Gasteiger partial charge is 0.472 e. The Labute approximate surface area is 322 Å². The van der Waals surface area contributed by atoms with Crippen molar-refractivity contribution in [3.8, 4) is 0 Å². The van der Waals surface area contributed by atoms with E-state index in [1.54, 1.807) is 0 Å². The summed E-state index contributed by atoms with van der Waals surface area (Å²) >= 11 is 0. The molecule has 0 heterocycles. The van der Waals surface area contributed by atoms with Gasteiger partial charge in [-0.1, -0.05) is 151 Å². The molecule has 9 nitrogen and oxygen atoms in total. The van der Waals surface area contributed by atoms with Crippen LogP contribution in [0.4, 0.5) is 0 Å². The van der Waals surface area contributed by atoms with Crippen LogP contribution in [-0.2, 0) is 32.7 Å². The lowest BCUT2D eigenvalue weighted by Crippen LogP contribution is -2.29. The summed E-state index contributed by atoms with van der Waals surface area (Å²) in [7, 11) is -4.39. The lowest BCUT2D eigenvalue weighted by Gasteiger charge is -2.19. The van der Waals surface area contributed by atoms with Gasteiger partial charge >= 0.3 is 19.8 Å². The average Bonchev–Trinajstić information content (AvgIpc) is 3.14. The van der Waals surface area contributed by atoms with Gasteiger partial charge in [0.15, 0.2) is 6.10 Å². The van der Waals surface area contributed by atoms with Crippen molar-refractivity contribution in [1.29, 1.82) is 0 Å². The molecule has 0 aromatic carbocycles. The number of nitrogens with two attached hydrogens (primary N) is 1. The highest BCUT2D eigenvalue weighted by molar-refractivity contribution is 7.47. The molecule has 53 heavy (non-hydrogen) atoms. The molecule has 2 atom stereocenters. The van der Waals surface area contributed by atoms with Crippen molar-refractivity contribution in [3.05, 3.63) is 72.9 Å². The van der Waals surface area contributed by atoms with E-state index in [4.69, 9.17) is 24.3 Å². The standard InChI is InChI=1S/C43H74NO8P/c1-3-5-7-9-11-13-15-17-19-20-22-23-25-27-29-31-33-35-42(45)49-39-41(40-51-53(47,48)50-38-37-44)52-43(46)36-34-32-30-28-26-24-21-18-16-14-12-10-8-6-4-2/h6,8,10-14,16-19,21,41H,3-5,7,9,15,20,22-40,44H2,1-2H3,(H,47,48)/b8-6+,12-10+,13-11+,16-14+,19-17+,21-18+/t41-/m1/s1. The number of hydrogen-bond acceptors (Lipinski definition) is 8. The Bertz CT molecular complexity index is 1100. The van der Waals surface area contributed by atoms with Gasteiger partial charge in [-0.3, -0.25) is 18.6 Å². The number of rotatable bonds is 37. The van der Waals surface area contributed by atoms with Gasteiger partial charge in [0.05, 0.1) is 13.2 Å². The highest BCUT2D eigenvalue weighted by Crippen LogP contribution is 2.43. The fraction of sp³-hybridized carbons (Fsp3) is 0.674. The minimum absolute atomic E-state index is 0.0440. The van der Waals surface area contributed by atoms with Crippen LogP contribution in [0.3, 0.4) is 0 Å². The Morgan fingerprint density at radius 1 is 0.604 bits per heavy atom. The Morgan fingerprint density at radius 3 is 1.70 bits per heavy atom. The third-order valence-electron chi connectivity index (χ3n) is 8.17. The van der Waals surface area contributed by atoms with Crippen LogP contribution < -0.4 is 5.73 Å². The van der Waals surface area contributed by atoms with Gasteiger partial charge in [0.25, 0.3) is 0 Å². The molecule has 0 spiro atoms. The quantitative estimate of drug-likeness (QED) is 0.0208. The minimum Gasteiger partial charge on any atom is -0.462 e. The van der Waals surface area contributed by atoms with E-state index in [2.05, 4.69) is 56.4 Å². The van der Waals surface area contributed by atoms with Gasteiger partial charge in [0, 0.05) is 19.4 Å². The molecule has 0 aliphatic heterocycles. The SMILES string of the molecule is CC/C=C/C=C/C=C/C=C/CCCCCCCC(=O)O[C@H](COC(=O)CCCCCCCCC/C=C/C/C=C/CCCCC)COP(=O)(O)OCCN. The normalized spacial score (nSPS) is 14.1. The molecule has 0 aliphatic carbocycles. The van der Waals surface area contributed by atoms with Crippen molar-refractivity contribution >= 4 is 19.8 Å². The second-order valence-electron chi connectivity index (χ2n) is 13.2. The number of esters is 2. The van der Waals surface area contributed by atoms with Crippen molar-refractivity contribution in [1.82, 2.24) is 0 Å². The summed E-state index contributed by atoms with van der Waals surface area (Å²) in [6.45, 7) is 3.51. The molecule has 1 unspecified atom stereocenters. The summed E-state index contributed by atoms with van der Waals surface area (Å²) in [4.78, 5) is 34.8. The van der Waals surface area contributed by atoms with Crippen LogP contribution in [0, 0.1) is 0 Å². The summed E-state index contributed by atoms with van der Waals surface area (Å²) < 4.78 is 32.7. The molecule has 3 N–H and O–H groups in total. The summed E-state index contributed by atoms with van der Waals surface area (Å²) in [6.07, 6.45) is 46.4. The lowest BCUT2D eigenvalue weighted by atomic mass is 10.1. The topological polar surface area (TPSA) is 134 Å². The zero-order valence-corrected chi connectivity index (χ0v) is 34.1. The summed E-state index contributed by atoms with van der Waals surface area (Å²) in [6, 6.07) is 0. The highest BCUT2D eigenvalue weighted by atomic mass is 31.2. The van der Waals surface area contributed by atoms with E-state index < -0.39 is 32.5 Å². The van der Waals surface area contributed by atoms with Crippen molar-refractivity contribution in [3.63, 3.8) is 0 Å². The summed E-state index contributed by atoms with van der Waals surface area (Å²) in [5.41, 5.74) is 5.34. The van der Waals surface area contributed by atoms with Crippen LogP contribution in [0.25, 0.3) is 0 Å². The van der Waals surface area contributed by atoms with E-state index in [0.717, 1.165) is 77.0 Å². The van der Waals surface area contributed by atoms with Crippen molar-refractivity contribution < 1.29 is 37.6 Å². The van der Waals surface area contributed by atoms with Gasteiger partial charge in [-0.05, 0) is 64.2 Å². The van der Waals surface area contributed by atoms with Gasteiger partial charge < -0.3 is 20.1 Å². The predicted octanol–water partition coefficient (Wildman–Crippen LogP) is 11.5. The number of hydrogen-bond donors (Lipinski definition) is 2. The van der Waals surface area contributed by atoms with Crippen LogP contribution in [0.2, 0.25) is 0 Å². The second-order valence-corrected chi connectivity index (χ2v) is 14.7. The maximum atomic E-state index is 12.5. The van der Waals surface area contributed by atoms with Crippen LogP contribution in [0.15, 0.2) is 72.9 Å². The van der Waals surface area contributed by atoms with Gasteiger partial charge in [-0.2, -0.15) is 0 Å². The first kappa shape index (κ1) is 50.5. The number of phosphoric acid groups is 1.